The smallest absolute Gasteiger partial charge is 0.267 e. The number of H-pyrrole nitrogens is 1. The number of nitrogens with zero attached hydrogens (tertiary/aromatic N) is 3. The van der Waals surface area contributed by atoms with Gasteiger partial charge in [-0.2, -0.15) is 5.10 Å². The third kappa shape index (κ3) is 3.59. The number of likely N-dealkylation sites (tertiary alicyclic amines) is 1. The topological polar surface area (TPSA) is 71.0 Å². The molecule has 1 amide bonds. The standard InChI is InChI=1S/C23H26N4O2/c28-22-14-17-3-1-2-4-21(17)25-27(22)15-16-8-11-26(12-9-16)23(29)19-5-6-20-18(13-19)7-10-24-20/h5-7,10,13-14,16,24H,1-4,8-9,11-12,15H2. The Morgan fingerprint density at radius 2 is 1.93 bits per heavy atom. The second-order valence-electron chi connectivity index (χ2n) is 8.36. The first-order valence-corrected chi connectivity index (χ1v) is 10.6. The van der Waals surface area contributed by atoms with Crippen LogP contribution >= 0.6 is 0 Å². The van der Waals surface area contributed by atoms with Crippen LogP contribution in [0.1, 0.15) is 47.3 Å². The zero-order valence-corrected chi connectivity index (χ0v) is 16.6. The second-order valence-corrected chi connectivity index (χ2v) is 8.36. The minimum absolute atomic E-state index is 0.0176. The van der Waals surface area contributed by atoms with E-state index in [1.54, 1.807) is 10.7 Å². The fourth-order valence-corrected chi connectivity index (χ4v) is 4.66. The lowest BCUT2D eigenvalue weighted by Crippen LogP contribution is -2.40. The lowest BCUT2D eigenvalue weighted by atomic mass is 9.95. The fraction of sp³-hybridized carbons (Fsp3) is 0.435. The highest BCUT2D eigenvalue weighted by Gasteiger charge is 2.25. The van der Waals surface area contributed by atoms with Crippen molar-refractivity contribution in [1.29, 1.82) is 0 Å². The molecular formula is C23H26N4O2. The highest BCUT2D eigenvalue weighted by atomic mass is 16.2. The van der Waals surface area contributed by atoms with E-state index < -0.39 is 0 Å². The number of nitrogens with one attached hydrogen (secondary N) is 1. The summed E-state index contributed by atoms with van der Waals surface area (Å²) in [6.07, 6.45) is 7.98. The third-order valence-electron chi connectivity index (χ3n) is 6.41. The van der Waals surface area contributed by atoms with Gasteiger partial charge < -0.3 is 9.88 Å². The Labute approximate surface area is 169 Å². The summed E-state index contributed by atoms with van der Waals surface area (Å²) in [5, 5.41) is 5.71. The van der Waals surface area contributed by atoms with Gasteiger partial charge in [0, 0.05) is 48.4 Å². The van der Waals surface area contributed by atoms with E-state index in [9.17, 15) is 9.59 Å². The normalized spacial score (nSPS) is 17.4. The summed E-state index contributed by atoms with van der Waals surface area (Å²) in [5.41, 5.74) is 4.04. The number of amides is 1. The number of aryl methyl sites for hydroxylation is 2. The molecule has 2 aliphatic rings. The second kappa shape index (κ2) is 7.50. The van der Waals surface area contributed by atoms with Crippen LogP contribution < -0.4 is 5.56 Å². The molecule has 3 aromatic rings. The molecule has 3 heterocycles. The number of fused-ring (bicyclic) bond motifs is 2. The highest BCUT2D eigenvalue weighted by molar-refractivity contribution is 5.98. The maximum atomic E-state index is 12.9. The van der Waals surface area contributed by atoms with Gasteiger partial charge in [0.25, 0.3) is 11.5 Å². The van der Waals surface area contributed by atoms with E-state index in [4.69, 9.17) is 0 Å². The Kier molecular flexibility index (Phi) is 4.70. The number of carbonyl (C=O) groups excluding carboxylic acids is 1. The van der Waals surface area contributed by atoms with E-state index in [2.05, 4.69) is 10.1 Å². The molecule has 0 saturated carbocycles. The van der Waals surface area contributed by atoms with Crippen LogP contribution in [0, 0.1) is 5.92 Å². The largest absolute Gasteiger partial charge is 0.361 e. The lowest BCUT2D eigenvalue weighted by molar-refractivity contribution is 0.0680. The lowest BCUT2D eigenvalue weighted by Gasteiger charge is -2.32. The van der Waals surface area contributed by atoms with Gasteiger partial charge in [0.05, 0.1) is 5.69 Å². The molecule has 0 radical (unpaired) electrons. The SMILES string of the molecule is O=C(c1ccc2[nH]ccc2c1)N1CCC(Cn2nc3c(cc2=O)CCCC3)CC1. The van der Waals surface area contributed by atoms with Crippen LogP contribution in [-0.2, 0) is 19.4 Å². The quantitative estimate of drug-likeness (QED) is 0.747. The van der Waals surface area contributed by atoms with Crippen molar-refractivity contribution in [3.8, 4) is 0 Å². The van der Waals surface area contributed by atoms with Crippen molar-refractivity contribution in [1.82, 2.24) is 19.7 Å². The molecule has 2 aromatic heterocycles. The molecule has 1 fully saturated rings. The van der Waals surface area contributed by atoms with Crippen LogP contribution in [0.15, 0.2) is 41.3 Å². The fourth-order valence-electron chi connectivity index (χ4n) is 4.66. The third-order valence-corrected chi connectivity index (χ3v) is 6.41. The minimum Gasteiger partial charge on any atom is -0.361 e. The molecule has 1 aliphatic carbocycles. The van der Waals surface area contributed by atoms with E-state index >= 15 is 0 Å². The van der Waals surface area contributed by atoms with Gasteiger partial charge in [0.2, 0.25) is 0 Å². The first-order valence-electron chi connectivity index (χ1n) is 10.6. The van der Waals surface area contributed by atoms with Crippen molar-refractivity contribution < 1.29 is 4.79 Å². The van der Waals surface area contributed by atoms with E-state index in [0.29, 0.717) is 12.5 Å². The van der Waals surface area contributed by atoms with Gasteiger partial charge in [-0.25, -0.2) is 4.68 Å². The van der Waals surface area contributed by atoms with Gasteiger partial charge in [0.15, 0.2) is 0 Å². The van der Waals surface area contributed by atoms with Crippen molar-refractivity contribution in [2.24, 2.45) is 5.92 Å². The molecule has 5 rings (SSSR count). The average molecular weight is 390 g/mol. The van der Waals surface area contributed by atoms with Gasteiger partial charge in [-0.3, -0.25) is 9.59 Å². The Balaban J connectivity index is 1.23. The molecule has 1 saturated heterocycles. The van der Waals surface area contributed by atoms with Crippen molar-refractivity contribution in [3.63, 3.8) is 0 Å². The molecule has 0 unspecified atom stereocenters. The zero-order valence-electron chi connectivity index (χ0n) is 16.6. The molecule has 6 nitrogen and oxygen atoms in total. The predicted octanol–water partition coefficient (Wildman–Crippen LogP) is 3.16. The van der Waals surface area contributed by atoms with Gasteiger partial charge in [0.1, 0.15) is 0 Å². The predicted molar refractivity (Wildman–Crippen MR) is 112 cm³/mol. The molecule has 0 spiro atoms. The van der Waals surface area contributed by atoms with Crippen LogP contribution in [0.3, 0.4) is 0 Å². The van der Waals surface area contributed by atoms with E-state index in [1.807, 2.05) is 35.4 Å². The van der Waals surface area contributed by atoms with Crippen molar-refractivity contribution >= 4 is 16.8 Å². The summed E-state index contributed by atoms with van der Waals surface area (Å²) >= 11 is 0. The van der Waals surface area contributed by atoms with Crippen molar-refractivity contribution in [2.75, 3.05) is 13.1 Å². The summed E-state index contributed by atoms with van der Waals surface area (Å²) in [5.74, 6) is 0.480. The molecule has 6 heteroatoms. The van der Waals surface area contributed by atoms with E-state index in [-0.39, 0.29) is 11.5 Å². The zero-order chi connectivity index (χ0) is 19.8. The molecule has 1 aromatic carbocycles. The van der Waals surface area contributed by atoms with Gasteiger partial charge in [-0.1, -0.05) is 0 Å². The molecular weight excluding hydrogens is 364 g/mol. The Hall–Kier alpha value is -2.89. The summed E-state index contributed by atoms with van der Waals surface area (Å²) < 4.78 is 1.66. The number of piperidine rings is 1. The number of aromatic nitrogens is 3. The number of hydrogen-bond acceptors (Lipinski definition) is 3. The van der Waals surface area contributed by atoms with Crippen LogP contribution in [0.2, 0.25) is 0 Å². The Morgan fingerprint density at radius 1 is 1.10 bits per heavy atom. The van der Waals surface area contributed by atoms with E-state index in [1.165, 1.54) is 0 Å². The van der Waals surface area contributed by atoms with Crippen LogP contribution in [0.5, 0.6) is 0 Å². The maximum absolute atomic E-state index is 12.9. The molecule has 29 heavy (non-hydrogen) atoms. The highest BCUT2D eigenvalue weighted by Crippen LogP contribution is 2.23. The van der Waals surface area contributed by atoms with Crippen molar-refractivity contribution in [2.45, 2.75) is 45.1 Å². The van der Waals surface area contributed by atoms with Gasteiger partial charge in [-0.05, 0) is 74.3 Å². The van der Waals surface area contributed by atoms with Gasteiger partial charge in [-0.15, -0.1) is 0 Å². The van der Waals surface area contributed by atoms with Crippen LogP contribution in [0.4, 0.5) is 0 Å². The number of hydrogen-bond donors (Lipinski definition) is 1. The molecule has 150 valence electrons. The number of carbonyl (C=O) groups is 1. The minimum atomic E-state index is 0.0176. The average Bonchev–Trinajstić information content (AvgIpc) is 3.22. The molecule has 0 bridgehead atoms. The maximum Gasteiger partial charge on any atom is 0.267 e. The van der Waals surface area contributed by atoms with Crippen molar-refractivity contribution in [3.05, 3.63) is 63.7 Å². The van der Waals surface area contributed by atoms with Crippen LogP contribution in [-0.4, -0.2) is 38.7 Å². The monoisotopic (exact) mass is 390 g/mol. The molecule has 1 aliphatic heterocycles. The summed E-state index contributed by atoms with van der Waals surface area (Å²) in [6, 6.07) is 9.59. The number of aromatic amines is 1. The first-order chi connectivity index (χ1) is 14.2. The Bertz CT molecular complexity index is 1110. The molecule has 0 atom stereocenters. The number of benzene rings is 1. The summed E-state index contributed by atoms with van der Waals surface area (Å²) in [7, 11) is 0. The van der Waals surface area contributed by atoms with Crippen LogP contribution in [0.25, 0.3) is 10.9 Å². The van der Waals surface area contributed by atoms with E-state index in [0.717, 1.165) is 79.3 Å². The first kappa shape index (κ1) is 18.2. The summed E-state index contributed by atoms with van der Waals surface area (Å²) in [4.78, 5) is 30.4. The van der Waals surface area contributed by atoms with Gasteiger partial charge >= 0.3 is 0 Å². The molecule has 1 N–H and O–H groups in total. The summed E-state index contributed by atoms with van der Waals surface area (Å²) in [6.45, 7) is 2.12. The number of rotatable bonds is 3. The Morgan fingerprint density at radius 3 is 2.79 bits per heavy atom.